The first-order valence-corrected chi connectivity index (χ1v) is 4.42. The van der Waals surface area contributed by atoms with Gasteiger partial charge in [0.2, 0.25) is 0 Å². The molecule has 1 saturated heterocycles. The van der Waals surface area contributed by atoms with Crippen molar-refractivity contribution >= 4 is 0 Å². The molecule has 1 aliphatic rings. The van der Waals surface area contributed by atoms with Crippen molar-refractivity contribution in [1.82, 2.24) is 10.6 Å². The summed E-state index contributed by atoms with van der Waals surface area (Å²) in [5, 5.41) is 6.85. The van der Waals surface area contributed by atoms with Crippen LogP contribution in [0.3, 0.4) is 0 Å². The zero-order valence-electron chi connectivity index (χ0n) is 7.27. The monoisotopic (exact) mass is 154 g/mol. The van der Waals surface area contributed by atoms with Gasteiger partial charge in [0.25, 0.3) is 0 Å². The highest BCUT2D eigenvalue weighted by Gasteiger charge is 2.12. The fourth-order valence-electron chi connectivity index (χ4n) is 1.43. The summed E-state index contributed by atoms with van der Waals surface area (Å²) in [4.78, 5) is 0. The summed E-state index contributed by atoms with van der Waals surface area (Å²) >= 11 is 0. The van der Waals surface area contributed by atoms with Crippen LogP contribution >= 0.6 is 0 Å². The third-order valence-electron chi connectivity index (χ3n) is 2.19. The maximum absolute atomic E-state index is 3.75. The van der Waals surface area contributed by atoms with E-state index in [-0.39, 0.29) is 0 Å². The Balaban J connectivity index is 2.18. The lowest BCUT2D eigenvalue weighted by molar-refractivity contribution is 0.375. The average Bonchev–Trinajstić information content (AvgIpc) is 2.06. The lowest BCUT2D eigenvalue weighted by Crippen LogP contribution is -2.43. The van der Waals surface area contributed by atoms with Crippen molar-refractivity contribution in [2.24, 2.45) is 0 Å². The van der Waals surface area contributed by atoms with Crippen molar-refractivity contribution in [2.45, 2.75) is 31.8 Å². The van der Waals surface area contributed by atoms with Crippen molar-refractivity contribution in [3.05, 3.63) is 12.7 Å². The number of hydrogen-bond donors (Lipinski definition) is 2. The summed E-state index contributed by atoms with van der Waals surface area (Å²) < 4.78 is 0. The van der Waals surface area contributed by atoms with Crippen molar-refractivity contribution in [1.29, 1.82) is 0 Å². The molecule has 1 atom stereocenters. The minimum absolute atomic E-state index is 0.457. The van der Waals surface area contributed by atoms with Gasteiger partial charge in [0.15, 0.2) is 0 Å². The van der Waals surface area contributed by atoms with E-state index in [4.69, 9.17) is 0 Å². The van der Waals surface area contributed by atoms with E-state index < -0.39 is 0 Å². The molecular formula is C9H18N2. The Morgan fingerprint density at radius 1 is 1.55 bits per heavy atom. The minimum Gasteiger partial charge on any atom is -0.317 e. The molecule has 0 aromatic rings. The van der Waals surface area contributed by atoms with E-state index in [0.29, 0.717) is 12.1 Å². The summed E-state index contributed by atoms with van der Waals surface area (Å²) in [5.41, 5.74) is 0. The van der Waals surface area contributed by atoms with Crippen LogP contribution in [0.2, 0.25) is 0 Å². The van der Waals surface area contributed by atoms with Gasteiger partial charge in [-0.15, -0.1) is 6.58 Å². The van der Waals surface area contributed by atoms with Gasteiger partial charge in [0.1, 0.15) is 0 Å². The summed E-state index contributed by atoms with van der Waals surface area (Å²) in [6, 6.07) is 1.15. The fraction of sp³-hybridized carbons (Fsp3) is 0.778. The van der Waals surface area contributed by atoms with E-state index >= 15 is 0 Å². The Bertz CT molecular complexity index is 117. The van der Waals surface area contributed by atoms with Crippen LogP contribution < -0.4 is 10.6 Å². The lowest BCUT2D eigenvalue weighted by atomic mass is 10.1. The van der Waals surface area contributed by atoms with Gasteiger partial charge in [0, 0.05) is 12.1 Å². The minimum atomic E-state index is 0.457. The van der Waals surface area contributed by atoms with Gasteiger partial charge in [-0.1, -0.05) is 6.08 Å². The molecule has 0 aromatic heterocycles. The number of rotatable bonds is 3. The summed E-state index contributed by atoms with van der Waals surface area (Å²) in [6.45, 7) is 8.20. The smallest absolute Gasteiger partial charge is 0.0221 e. The fourth-order valence-corrected chi connectivity index (χ4v) is 1.43. The maximum Gasteiger partial charge on any atom is 0.0221 e. The first-order valence-electron chi connectivity index (χ1n) is 4.42. The van der Waals surface area contributed by atoms with Crippen molar-refractivity contribution in [3.8, 4) is 0 Å². The predicted molar refractivity (Wildman–Crippen MR) is 48.7 cm³/mol. The van der Waals surface area contributed by atoms with E-state index in [1.165, 1.54) is 12.8 Å². The first kappa shape index (κ1) is 8.75. The van der Waals surface area contributed by atoms with Crippen molar-refractivity contribution < 1.29 is 0 Å². The molecule has 0 spiro atoms. The topological polar surface area (TPSA) is 24.1 Å². The van der Waals surface area contributed by atoms with Crippen LogP contribution in [0.5, 0.6) is 0 Å². The second-order valence-corrected chi connectivity index (χ2v) is 3.22. The SMILES string of the molecule is C=CC(C)NC1CCNCC1. The highest BCUT2D eigenvalue weighted by atomic mass is 15.0. The van der Waals surface area contributed by atoms with Crippen molar-refractivity contribution in [3.63, 3.8) is 0 Å². The van der Waals surface area contributed by atoms with Gasteiger partial charge in [-0.25, -0.2) is 0 Å². The predicted octanol–water partition coefficient (Wildman–Crippen LogP) is 0.902. The number of nitrogens with one attached hydrogen (secondary N) is 2. The van der Waals surface area contributed by atoms with Crippen LogP contribution in [0.25, 0.3) is 0 Å². The van der Waals surface area contributed by atoms with Gasteiger partial charge < -0.3 is 10.6 Å². The second-order valence-electron chi connectivity index (χ2n) is 3.22. The van der Waals surface area contributed by atoms with Crippen molar-refractivity contribution in [2.75, 3.05) is 13.1 Å². The Hall–Kier alpha value is -0.340. The standard InChI is InChI=1S/C9H18N2/c1-3-8(2)11-9-4-6-10-7-5-9/h3,8-11H,1,4-7H2,2H3. The molecule has 1 aliphatic heterocycles. The second kappa shape index (κ2) is 4.52. The molecule has 2 nitrogen and oxygen atoms in total. The lowest BCUT2D eigenvalue weighted by Gasteiger charge is -2.25. The molecule has 0 radical (unpaired) electrons. The first-order chi connectivity index (χ1) is 5.33. The van der Waals surface area contributed by atoms with Gasteiger partial charge in [-0.3, -0.25) is 0 Å². The Morgan fingerprint density at radius 2 is 2.18 bits per heavy atom. The molecule has 0 saturated carbocycles. The molecule has 0 aliphatic carbocycles. The van der Waals surface area contributed by atoms with E-state index in [9.17, 15) is 0 Å². The van der Waals surface area contributed by atoms with E-state index in [1.54, 1.807) is 0 Å². The largest absolute Gasteiger partial charge is 0.317 e. The zero-order valence-corrected chi connectivity index (χ0v) is 7.27. The molecule has 0 aromatic carbocycles. The van der Waals surface area contributed by atoms with Gasteiger partial charge in [-0.05, 0) is 32.9 Å². The molecule has 1 rings (SSSR count). The van der Waals surface area contributed by atoms with Gasteiger partial charge in [-0.2, -0.15) is 0 Å². The average molecular weight is 154 g/mol. The van der Waals surface area contributed by atoms with Crippen LogP contribution in [0.15, 0.2) is 12.7 Å². The highest BCUT2D eigenvalue weighted by molar-refractivity contribution is 4.86. The van der Waals surface area contributed by atoms with E-state index in [2.05, 4.69) is 24.1 Å². The Morgan fingerprint density at radius 3 is 2.73 bits per heavy atom. The summed E-state index contributed by atoms with van der Waals surface area (Å²) in [5.74, 6) is 0. The van der Waals surface area contributed by atoms with E-state index in [1.807, 2.05) is 6.08 Å². The molecule has 64 valence electrons. The molecule has 11 heavy (non-hydrogen) atoms. The Labute approximate surface area is 69.1 Å². The van der Waals surface area contributed by atoms with E-state index in [0.717, 1.165) is 13.1 Å². The normalized spacial score (nSPS) is 23.0. The molecule has 1 heterocycles. The molecule has 1 unspecified atom stereocenters. The number of piperidine rings is 1. The molecular weight excluding hydrogens is 136 g/mol. The zero-order chi connectivity index (χ0) is 8.10. The molecule has 2 heteroatoms. The summed E-state index contributed by atoms with van der Waals surface area (Å²) in [6.07, 6.45) is 4.46. The number of hydrogen-bond acceptors (Lipinski definition) is 2. The van der Waals surface area contributed by atoms with Gasteiger partial charge in [0.05, 0.1) is 0 Å². The quantitative estimate of drug-likeness (QED) is 0.590. The summed E-state index contributed by atoms with van der Waals surface area (Å²) in [7, 11) is 0. The van der Waals surface area contributed by atoms with Crippen LogP contribution in [0, 0.1) is 0 Å². The Kier molecular flexibility index (Phi) is 3.60. The van der Waals surface area contributed by atoms with Crippen LogP contribution in [0.4, 0.5) is 0 Å². The highest BCUT2D eigenvalue weighted by Crippen LogP contribution is 2.02. The van der Waals surface area contributed by atoms with Crippen LogP contribution in [-0.4, -0.2) is 25.2 Å². The molecule has 2 N–H and O–H groups in total. The van der Waals surface area contributed by atoms with Crippen LogP contribution in [0.1, 0.15) is 19.8 Å². The van der Waals surface area contributed by atoms with Crippen LogP contribution in [-0.2, 0) is 0 Å². The molecule has 1 fully saturated rings. The molecule has 0 bridgehead atoms. The third kappa shape index (κ3) is 3.04. The van der Waals surface area contributed by atoms with Gasteiger partial charge >= 0.3 is 0 Å². The molecule has 0 amide bonds. The third-order valence-corrected chi connectivity index (χ3v) is 2.19. The maximum atomic E-state index is 3.75.